The van der Waals surface area contributed by atoms with E-state index in [9.17, 15) is 4.79 Å². The molecule has 0 bridgehead atoms. The van der Waals surface area contributed by atoms with Crippen LogP contribution < -0.4 is 5.56 Å². The molecule has 4 aromatic rings. The van der Waals surface area contributed by atoms with E-state index in [0.29, 0.717) is 38.3 Å². The fourth-order valence-corrected chi connectivity index (χ4v) is 4.36. The fourth-order valence-electron chi connectivity index (χ4n) is 2.44. The minimum Gasteiger partial charge on any atom is -0.431 e. The van der Waals surface area contributed by atoms with Crippen LogP contribution in [0.5, 0.6) is 0 Å². The molecule has 0 saturated heterocycles. The first kappa shape index (κ1) is 15.7. The number of thioether (sulfide) groups is 1. The SMILES string of the molecule is Cc1sc2nc(CSc3nc4cc(Cl)ccc4o3)[nH]c(=O)c2c1C. The molecule has 3 aromatic heterocycles. The first-order valence-electron chi connectivity index (χ1n) is 7.19. The molecule has 122 valence electrons. The Morgan fingerprint density at radius 2 is 2.17 bits per heavy atom. The predicted octanol–water partition coefficient (Wildman–Crippen LogP) is 4.69. The number of aryl methyl sites for hydroxylation is 2. The van der Waals surface area contributed by atoms with Gasteiger partial charge in [0.05, 0.1) is 11.1 Å². The Hall–Kier alpha value is -1.83. The van der Waals surface area contributed by atoms with Crippen LogP contribution in [0.2, 0.25) is 5.02 Å². The minimum atomic E-state index is -0.0956. The summed E-state index contributed by atoms with van der Waals surface area (Å²) in [6, 6.07) is 5.31. The van der Waals surface area contributed by atoms with Gasteiger partial charge >= 0.3 is 0 Å². The molecular formula is C16H12ClN3O2S2. The Labute approximate surface area is 150 Å². The van der Waals surface area contributed by atoms with Crippen molar-refractivity contribution >= 4 is 56.0 Å². The lowest BCUT2D eigenvalue weighted by atomic mass is 10.2. The van der Waals surface area contributed by atoms with Crippen LogP contribution in [0, 0.1) is 13.8 Å². The Morgan fingerprint density at radius 1 is 1.33 bits per heavy atom. The lowest BCUT2D eigenvalue weighted by Crippen LogP contribution is -2.10. The zero-order chi connectivity index (χ0) is 16.8. The molecule has 8 heteroatoms. The summed E-state index contributed by atoms with van der Waals surface area (Å²) in [6.45, 7) is 3.95. The van der Waals surface area contributed by atoms with Gasteiger partial charge in [-0.3, -0.25) is 4.79 Å². The Bertz CT molecular complexity index is 1130. The molecule has 1 aromatic carbocycles. The second-order valence-corrected chi connectivity index (χ2v) is 7.92. The van der Waals surface area contributed by atoms with Crippen LogP contribution in [0.3, 0.4) is 0 Å². The maximum Gasteiger partial charge on any atom is 0.259 e. The highest BCUT2D eigenvalue weighted by Crippen LogP contribution is 2.29. The number of aromatic nitrogens is 3. The van der Waals surface area contributed by atoms with Crippen LogP contribution >= 0.6 is 34.7 Å². The molecule has 4 rings (SSSR count). The Morgan fingerprint density at radius 3 is 3.00 bits per heavy atom. The highest BCUT2D eigenvalue weighted by Gasteiger charge is 2.13. The van der Waals surface area contributed by atoms with Gasteiger partial charge in [0.15, 0.2) is 5.58 Å². The zero-order valence-electron chi connectivity index (χ0n) is 12.8. The van der Waals surface area contributed by atoms with Crippen molar-refractivity contribution in [1.82, 2.24) is 15.0 Å². The predicted molar refractivity (Wildman–Crippen MR) is 98.3 cm³/mol. The molecule has 0 unspecified atom stereocenters. The molecule has 0 aliphatic rings. The summed E-state index contributed by atoms with van der Waals surface area (Å²) in [5, 5.41) is 1.82. The Balaban J connectivity index is 1.63. The average Bonchev–Trinajstić information content (AvgIpc) is 3.06. The van der Waals surface area contributed by atoms with Gasteiger partial charge in [0.2, 0.25) is 0 Å². The van der Waals surface area contributed by atoms with Gasteiger partial charge in [0.25, 0.3) is 10.8 Å². The quantitative estimate of drug-likeness (QED) is 0.524. The van der Waals surface area contributed by atoms with Gasteiger partial charge in [0, 0.05) is 9.90 Å². The van der Waals surface area contributed by atoms with E-state index in [-0.39, 0.29) is 5.56 Å². The van der Waals surface area contributed by atoms with Crippen LogP contribution in [0.25, 0.3) is 21.3 Å². The summed E-state index contributed by atoms with van der Waals surface area (Å²) in [4.78, 5) is 25.9. The third-order valence-electron chi connectivity index (χ3n) is 3.75. The lowest BCUT2D eigenvalue weighted by molar-refractivity contribution is 0.489. The first-order valence-corrected chi connectivity index (χ1v) is 9.37. The molecule has 1 N–H and O–H groups in total. The van der Waals surface area contributed by atoms with Crippen molar-refractivity contribution in [2.75, 3.05) is 0 Å². The van der Waals surface area contributed by atoms with Crippen LogP contribution in [0.15, 0.2) is 32.6 Å². The van der Waals surface area contributed by atoms with Gasteiger partial charge in [-0.1, -0.05) is 23.4 Å². The van der Waals surface area contributed by atoms with E-state index in [4.69, 9.17) is 16.0 Å². The van der Waals surface area contributed by atoms with Crippen LogP contribution in [0.1, 0.15) is 16.3 Å². The van der Waals surface area contributed by atoms with E-state index in [2.05, 4.69) is 15.0 Å². The van der Waals surface area contributed by atoms with E-state index in [0.717, 1.165) is 15.3 Å². The summed E-state index contributed by atoms with van der Waals surface area (Å²) in [7, 11) is 0. The van der Waals surface area contributed by atoms with Gasteiger partial charge in [-0.25, -0.2) is 9.97 Å². The molecule has 0 fully saturated rings. The molecule has 3 heterocycles. The van der Waals surface area contributed by atoms with E-state index in [1.165, 1.54) is 11.8 Å². The number of thiophene rings is 1. The standard InChI is InChI=1S/C16H12ClN3O2S2/c1-7-8(2)24-15-13(7)14(21)19-12(20-15)6-23-16-18-10-5-9(17)3-4-11(10)22-16/h3-5H,6H2,1-2H3,(H,19,20,21). The van der Waals surface area contributed by atoms with Crippen molar-refractivity contribution in [1.29, 1.82) is 0 Å². The average molecular weight is 378 g/mol. The van der Waals surface area contributed by atoms with Gasteiger partial charge in [0.1, 0.15) is 16.2 Å². The lowest BCUT2D eigenvalue weighted by Gasteiger charge is -1.98. The smallest absolute Gasteiger partial charge is 0.259 e. The normalized spacial score (nSPS) is 11.6. The van der Waals surface area contributed by atoms with E-state index in [1.54, 1.807) is 29.5 Å². The number of hydrogen-bond donors (Lipinski definition) is 1. The van der Waals surface area contributed by atoms with Crippen molar-refractivity contribution in [3.05, 3.63) is 49.8 Å². The van der Waals surface area contributed by atoms with Crippen molar-refractivity contribution in [2.45, 2.75) is 24.8 Å². The maximum absolute atomic E-state index is 12.3. The van der Waals surface area contributed by atoms with Gasteiger partial charge < -0.3 is 9.40 Å². The molecule has 0 spiro atoms. The van der Waals surface area contributed by atoms with Gasteiger partial charge in [-0.15, -0.1) is 11.3 Å². The zero-order valence-corrected chi connectivity index (χ0v) is 15.2. The number of hydrogen-bond acceptors (Lipinski definition) is 6. The number of aromatic amines is 1. The number of rotatable bonds is 3. The minimum absolute atomic E-state index is 0.0956. The number of halogens is 1. The van der Waals surface area contributed by atoms with E-state index in [1.807, 2.05) is 13.8 Å². The highest BCUT2D eigenvalue weighted by atomic mass is 35.5. The summed E-state index contributed by atoms with van der Waals surface area (Å²) in [5.74, 6) is 1.08. The summed E-state index contributed by atoms with van der Waals surface area (Å²) in [6.07, 6.45) is 0. The molecular weight excluding hydrogens is 366 g/mol. The number of nitrogens with zero attached hydrogens (tertiary/aromatic N) is 2. The second-order valence-electron chi connectivity index (χ2n) is 5.36. The van der Waals surface area contributed by atoms with E-state index < -0.39 is 0 Å². The van der Waals surface area contributed by atoms with Gasteiger partial charge in [-0.2, -0.15) is 0 Å². The fraction of sp³-hybridized carbons (Fsp3) is 0.188. The van der Waals surface area contributed by atoms with Gasteiger partial charge in [-0.05, 0) is 37.6 Å². The van der Waals surface area contributed by atoms with E-state index >= 15 is 0 Å². The number of benzene rings is 1. The molecule has 0 atom stereocenters. The van der Waals surface area contributed by atoms with Crippen molar-refractivity contribution in [3.8, 4) is 0 Å². The number of fused-ring (bicyclic) bond motifs is 2. The summed E-state index contributed by atoms with van der Waals surface area (Å²) < 4.78 is 5.66. The second kappa shape index (κ2) is 5.91. The van der Waals surface area contributed by atoms with Crippen molar-refractivity contribution in [2.24, 2.45) is 0 Å². The largest absolute Gasteiger partial charge is 0.431 e. The number of H-pyrrole nitrogens is 1. The molecule has 0 radical (unpaired) electrons. The molecule has 5 nitrogen and oxygen atoms in total. The third kappa shape index (κ3) is 2.72. The third-order valence-corrected chi connectivity index (χ3v) is 5.93. The molecule has 0 aliphatic heterocycles. The molecule has 0 saturated carbocycles. The maximum atomic E-state index is 12.3. The number of nitrogens with one attached hydrogen (secondary N) is 1. The van der Waals surface area contributed by atoms with Crippen LogP contribution in [-0.4, -0.2) is 15.0 Å². The van der Waals surface area contributed by atoms with Crippen LogP contribution in [-0.2, 0) is 5.75 Å². The molecule has 0 amide bonds. The molecule has 24 heavy (non-hydrogen) atoms. The summed E-state index contributed by atoms with van der Waals surface area (Å²) in [5.41, 5.74) is 2.30. The monoisotopic (exact) mass is 377 g/mol. The van der Waals surface area contributed by atoms with Crippen molar-refractivity contribution in [3.63, 3.8) is 0 Å². The highest BCUT2D eigenvalue weighted by molar-refractivity contribution is 7.98. The molecule has 0 aliphatic carbocycles. The number of oxazole rings is 1. The summed E-state index contributed by atoms with van der Waals surface area (Å²) >= 11 is 8.88. The first-order chi connectivity index (χ1) is 11.5. The van der Waals surface area contributed by atoms with Crippen LogP contribution in [0.4, 0.5) is 0 Å². The topological polar surface area (TPSA) is 71.8 Å². The van der Waals surface area contributed by atoms with Crippen molar-refractivity contribution < 1.29 is 4.42 Å². The Kier molecular flexibility index (Phi) is 3.86.